The Morgan fingerprint density at radius 2 is 2.03 bits per heavy atom. The lowest BCUT2D eigenvalue weighted by Crippen LogP contribution is -2.15. The molecule has 0 saturated carbocycles. The number of allylic oxidation sites excluding steroid dienone is 1. The van der Waals surface area contributed by atoms with Crippen LogP contribution in [0.5, 0.6) is 17.2 Å². The summed E-state index contributed by atoms with van der Waals surface area (Å²) in [6.07, 6.45) is 1.71. The number of ether oxygens (including phenoxy) is 3. The van der Waals surface area contributed by atoms with Crippen molar-refractivity contribution < 1.29 is 23.4 Å². The van der Waals surface area contributed by atoms with Crippen molar-refractivity contribution in [3.8, 4) is 17.2 Å². The summed E-state index contributed by atoms with van der Waals surface area (Å²) in [6, 6.07) is 10.9. The number of hydrogen-bond acceptors (Lipinski definition) is 7. The molecule has 1 aliphatic rings. The third kappa shape index (κ3) is 5.15. The topological polar surface area (TPSA) is 87.5 Å². The lowest BCUT2D eigenvalue weighted by Gasteiger charge is -2.09. The molecule has 0 atom stereocenters. The largest absolute Gasteiger partial charge is 0.486 e. The van der Waals surface area contributed by atoms with E-state index in [9.17, 15) is 9.18 Å². The van der Waals surface area contributed by atoms with Gasteiger partial charge in [-0.15, -0.1) is 16.8 Å². The first kappa shape index (κ1) is 20.7. The van der Waals surface area contributed by atoms with Crippen LogP contribution < -0.4 is 19.5 Å². The zero-order valence-corrected chi connectivity index (χ0v) is 17.2. The maximum Gasteiger partial charge on any atom is 0.234 e. The zero-order valence-electron chi connectivity index (χ0n) is 16.4. The second-order valence-corrected chi connectivity index (χ2v) is 7.39. The molecule has 4 rings (SSSR count). The van der Waals surface area contributed by atoms with Crippen molar-refractivity contribution in [3.63, 3.8) is 0 Å². The minimum Gasteiger partial charge on any atom is -0.486 e. The van der Waals surface area contributed by atoms with Gasteiger partial charge in [0.05, 0.1) is 5.75 Å². The smallest absolute Gasteiger partial charge is 0.234 e. The number of hydrogen-bond donors (Lipinski definition) is 1. The number of nitrogens with one attached hydrogen (secondary N) is 1. The minimum atomic E-state index is -0.333. The van der Waals surface area contributed by atoms with Crippen molar-refractivity contribution >= 4 is 23.4 Å². The van der Waals surface area contributed by atoms with E-state index in [1.807, 2.05) is 4.57 Å². The van der Waals surface area contributed by atoms with E-state index < -0.39 is 0 Å². The molecule has 1 aromatic heterocycles. The quantitative estimate of drug-likeness (QED) is 0.400. The molecule has 8 nitrogen and oxygen atoms in total. The molecule has 0 saturated heterocycles. The molecule has 2 heterocycles. The molecule has 10 heteroatoms. The predicted molar refractivity (Wildman–Crippen MR) is 113 cm³/mol. The van der Waals surface area contributed by atoms with Crippen LogP contribution >= 0.6 is 11.8 Å². The molecule has 1 aliphatic heterocycles. The summed E-state index contributed by atoms with van der Waals surface area (Å²) >= 11 is 1.25. The van der Waals surface area contributed by atoms with E-state index >= 15 is 0 Å². The highest BCUT2D eigenvalue weighted by molar-refractivity contribution is 7.99. The van der Waals surface area contributed by atoms with Crippen LogP contribution in [0.3, 0.4) is 0 Å². The first-order chi connectivity index (χ1) is 15.1. The highest BCUT2D eigenvalue weighted by Gasteiger charge is 2.16. The number of rotatable bonds is 9. The van der Waals surface area contributed by atoms with Crippen molar-refractivity contribution in [2.45, 2.75) is 18.3 Å². The second kappa shape index (κ2) is 9.52. The number of benzene rings is 2. The normalized spacial score (nSPS) is 11.9. The van der Waals surface area contributed by atoms with E-state index in [-0.39, 0.29) is 30.9 Å². The number of amides is 1. The fourth-order valence-electron chi connectivity index (χ4n) is 2.83. The Bertz CT molecular complexity index is 1090. The highest BCUT2D eigenvalue weighted by Crippen LogP contribution is 2.34. The molecule has 31 heavy (non-hydrogen) atoms. The molecular formula is C21H19FN4O4S. The van der Waals surface area contributed by atoms with Gasteiger partial charge in [0, 0.05) is 18.3 Å². The Kier molecular flexibility index (Phi) is 6.37. The average molecular weight is 442 g/mol. The summed E-state index contributed by atoms with van der Waals surface area (Å²) in [5, 5.41) is 11.7. The van der Waals surface area contributed by atoms with Gasteiger partial charge >= 0.3 is 0 Å². The SMILES string of the molecule is C=CCn1c(COc2ccc(F)cc2)nnc1SCC(=O)Nc1ccc2c(c1)OCO2. The highest BCUT2D eigenvalue weighted by atomic mass is 32.2. The summed E-state index contributed by atoms with van der Waals surface area (Å²) in [5.41, 5.74) is 0.621. The number of carbonyl (C=O) groups is 1. The molecule has 1 amide bonds. The third-order valence-electron chi connectivity index (χ3n) is 4.28. The summed E-state index contributed by atoms with van der Waals surface area (Å²) < 4.78 is 31.1. The molecule has 0 bridgehead atoms. The molecule has 3 aromatic rings. The fraction of sp³-hybridized carbons (Fsp3) is 0.190. The lowest BCUT2D eigenvalue weighted by atomic mass is 10.3. The Hall–Kier alpha value is -3.53. The monoisotopic (exact) mass is 442 g/mol. The number of halogens is 1. The average Bonchev–Trinajstić information content (AvgIpc) is 3.39. The molecular weight excluding hydrogens is 423 g/mol. The Labute approximate surface area is 182 Å². The summed E-state index contributed by atoms with van der Waals surface area (Å²) in [4.78, 5) is 12.4. The van der Waals surface area contributed by atoms with Crippen molar-refractivity contribution in [3.05, 3.63) is 66.8 Å². The van der Waals surface area contributed by atoms with Gasteiger partial charge in [0.25, 0.3) is 0 Å². The second-order valence-electron chi connectivity index (χ2n) is 6.45. The molecule has 0 radical (unpaired) electrons. The fourth-order valence-corrected chi connectivity index (χ4v) is 3.59. The van der Waals surface area contributed by atoms with Gasteiger partial charge in [-0.1, -0.05) is 17.8 Å². The lowest BCUT2D eigenvalue weighted by molar-refractivity contribution is -0.113. The maximum absolute atomic E-state index is 13.0. The maximum atomic E-state index is 13.0. The van der Waals surface area contributed by atoms with E-state index in [1.54, 1.807) is 36.4 Å². The number of anilines is 1. The first-order valence-corrected chi connectivity index (χ1v) is 10.3. The molecule has 0 fully saturated rings. The Morgan fingerprint density at radius 1 is 1.23 bits per heavy atom. The van der Waals surface area contributed by atoms with Crippen LogP contribution in [0.2, 0.25) is 0 Å². The van der Waals surface area contributed by atoms with E-state index in [0.29, 0.717) is 40.5 Å². The van der Waals surface area contributed by atoms with Crippen LogP contribution in [-0.4, -0.2) is 33.2 Å². The summed E-state index contributed by atoms with van der Waals surface area (Å²) in [6.45, 7) is 4.54. The standard InChI is InChI=1S/C21H19FN4O4S/c1-2-9-26-19(11-28-16-6-3-14(22)4-7-16)24-25-21(26)31-12-20(27)23-15-5-8-17-18(10-15)30-13-29-17/h2-8,10H,1,9,11-13H2,(H,23,27). The van der Waals surface area contributed by atoms with Gasteiger partial charge in [-0.05, 0) is 36.4 Å². The number of nitrogens with zero attached hydrogens (tertiary/aromatic N) is 3. The van der Waals surface area contributed by atoms with Gasteiger partial charge in [0.15, 0.2) is 22.5 Å². The predicted octanol–water partition coefficient (Wildman–Crippen LogP) is 3.64. The van der Waals surface area contributed by atoms with Crippen LogP contribution in [0.4, 0.5) is 10.1 Å². The van der Waals surface area contributed by atoms with Gasteiger partial charge in [0.2, 0.25) is 12.7 Å². The van der Waals surface area contributed by atoms with Crippen LogP contribution in [0.25, 0.3) is 0 Å². The Balaban J connectivity index is 1.35. The molecule has 160 valence electrons. The molecule has 1 N–H and O–H groups in total. The van der Waals surface area contributed by atoms with Crippen molar-refractivity contribution in [1.82, 2.24) is 14.8 Å². The van der Waals surface area contributed by atoms with Crippen LogP contribution in [0, 0.1) is 5.82 Å². The van der Waals surface area contributed by atoms with Gasteiger partial charge in [-0.25, -0.2) is 4.39 Å². The summed E-state index contributed by atoms with van der Waals surface area (Å²) in [7, 11) is 0. The molecule has 0 aliphatic carbocycles. The Morgan fingerprint density at radius 3 is 2.84 bits per heavy atom. The molecule has 0 unspecified atom stereocenters. The van der Waals surface area contributed by atoms with Crippen LogP contribution in [0.1, 0.15) is 5.82 Å². The summed E-state index contributed by atoms with van der Waals surface area (Å²) in [5.74, 6) is 1.96. The van der Waals surface area contributed by atoms with Crippen molar-refractivity contribution in [2.75, 3.05) is 17.9 Å². The van der Waals surface area contributed by atoms with E-state index in [0.717, 1.165) is 0 Å². The van der Waals surface area contributed by atoms with Crippen molar-refractivity contribution in [2.24, 2.45) is 0 Å². The number of aromatic nitrogens is 3. The van der Waals surface area contributed by atoms with Crippen LogP contribution in [0.15, 0.2) is 60.3 Å². The number of carbonyl (C=O) groups excluding carboxylic acids is 1. The van der Waals surface area contributed by atoms with Gasteiger partial charge < -0.3 is 19.5 Å². The van der Waals surface area contributed by atoms with Gasteiger partial charge in [0.1, 0.15) is 18.2 Å². The van der Waals surface area contributed by atoms with E-state index in [2.05, 4.69) is 22.1 Å². The van der Waals surface area contributed by atoms with Crippen LogP contribution in [-0.2, 0) is 17.9 Å². The number of fused-ring (bicyclic) bond motifs is 1. The number of thioether (sulfide) groups is 1. The first-order valence-electron chi connectivity index (χ1n) is 9.36. The minimum absolute atomic E-state index is 0.141. The molecule has 0 spiro atoms. The van der Waals surface area contributed by atoms with E-state index in [1.165, 1.54) is 23.9 Å². The zero-order chi connectivity index (χ0) is 21.6. The third-order valence-corrected chi connectivity index (χ3v) is 5.24. The molecule has 2 aromatic carbocycles. The van der Waals surface area contributed by atoms with Crippen molar-refractivity contribution in [1.29, 1.82) is 0 Å². The van der Waals surface area contributed by atoms with E-state index in [4.69, 9.17) is 14.2 Å². The van der Waals surface area contributed by atoms with Gasteiger partial charge in [-0.3, -0.25) is 9.36 Å². The van der Waals surface area contributed by atoms with Gasteiger partial charge in [-0.2, -0.15) is 0 Å².